The van der Waals surface area contributed by atoms with E-state index in [0.717, 1.165) is 11.8 Å². The Morgan fingerprint density at radius 2 is 1.95 bits per heavy atom. The minimum absolute atomic E-state index is 0.244. The Balaban J connectivity index is 2.09. The number of carbonyl (C=O) groups is 2. The molecule has 2 N–H and O–H groups in total. The molecule has 0 spiro atoms. The smallest absolute Gasteiger partial charge is 0.328 e. The minimum Gasteiger partial charge on any atom is -0.478 e. The van der Waals surface area contributed by atoms with E-state index >= 15 is 0 Å². The molecule has 21 heavy (non-hydrogen) atoms. The molecule has 0 unspecified atom stereocenters. The molecule has 0 fully saturated rings. The summed E-state index contributed by atoms with van der Waals surface area (Å²) in [6.45, 7) is 1.85. The summed E-state index contributed by atoms with van der Waals surface area (Å²) in [5, 5.41) is 15.5. The zero-order valence-electron chi connectivity index (χ0n) is 11.7. The van der Waals surface area contributed by atoms with Gasteiger partial charge in [0.05, 0.1) is 5.69 Å². The van der Waals surface area contributed by atoms with Crippen molar-refractivity contribution in [3.05, 3.63) is 53.2 Å². The molecular formula is C15H15N3O3. The van der Waals surface area contributed by atoms with Gasteiger partial charge in [0.25, 0.3) is 5.91 Å². The highest BCUT2D eigenvalue weighted by molar-refractivity contribution is 6.04. The van der Waals surface area contributed by atoms with E-state index in [0.29, 0.717) is 16.9 Å². The van der Waals surface area contributed by atoms with Crippen LogP contribution in [0.1, 0.15) is 21.6 Å². The van der Waals surface area contributed by atoms with Crippen LogP contribution in [0.2, 0.25) is 0 Å². The third-order valence-corrected chi connectivity index (χ3v) is 2.83. The third-order valence-electron chi connectivity index (χ3n) is 2.83. The summed E-state index contributed by atoms with van der Waals surface area (Å²) in [5.74, 6) is -0.637. The number of rotatable bonds is 4. The van der Waals surface area contributed by atoms with Gasteiger partial charge in [-0.15, -0.1) is 0 Å². The van der Waals surface area contributed by atoms with Crippen LogP contribution in [-0.2, 0) is 11.8 Å². The lowest BCUT2D eigenvalue weighted by molar-refractivity contribution is -0.131. The van der Waals surface area contributed by atoms with Crippen LogP contribution in [0, 0.1) is 6.92 Å². The van der Waals surface area contributed by atoms with E-state index in [9.17, 15) is 9.59 Å². The highest BCUT2D eigenvalue weighted by Gasteiger charge is 2.09. The first-order valence-corrected chi connectivity index (χ1v) is 6.29. The van der Waals surface area contributed by atoms with E-state index in [1.165, 1.54) is 6.08 Å². The van der Waals surface area contributed by atoms with Crippen LogP contribution in [0.4, 0.5) is 5.82 Å². The maximum Gasteiger partial charge on any atom is 0.328 e. The van der Waals surface area contributed by atoms with Crippen molar-refractivity contribution >= 4 is 23.8 Å². The van der Waals surface area contributed by atoms with Gasteiger partial charge in [-0.2, -0.15) is 5.10 Å². The molecule has 0 atom stereocenters. The van der Waals surface area contributed by atoms with Crippen LogP contribution in [0.25, 0.3) is 6.08 Å². The zero-order chi connectivity index (χ0) is 15.4. The molecule has 0 aliphatic rings. The molecule has 0 radical (unpaired) electrons. The molecule has 108 valence electrons. The quantitative estimate of drug-likeness (QED) is 0.842. The maximum absolute atomic E-state index is 12.1. The van der Waals surface area contributed by atoms with E-state index in [2.05, 4.69) is 10.4 Å². The lowest BCUT2D eigenvalue weighted by Crippen LogP contribution is -2.14. The molecular weight excluding hydrogens is 270 g/mol. The molecule has 1 aromatic carbocycles. The Morgan fingerprint density at radius 1 is 1.29 bits per heavy atom. The average Bonchev–Trinajstić information content (AvgIpc) is 2.75. The molecule has 0 aliphatic heterocycles. The van der Waals surface area contributed by atoms with Gasteiger partial charge in [0.1, 0.15) is 5.82 Å². The summed E-state index contributed by atoms with van der Waals surface area (Å²) < 4.78 is 1.59. The Bertz CT molecular complexity index is 699. The normalized spacial score (nSPS) is 10.8. The number of carboxylic acids is 1. The molecule has 6 heteroatoms. The number of carboxylic acid groups (broad SMARTS) is 1. The van der Waals surface area contributed by atoms with Gasteiger partial charge >= 0.3 is 5.97 Å². The Morgan fingerprint density at radius 3 is 2.48 bits per heavy atom. The number of aryl methyl sites for hydroxylation is 2. The van der Waals surface area contributed by atoms with Crippen molar-refractivity contribution in [3.8, 4) is 0 Å². The average molecular weight is 285 g/mol. The first-order valence-electron chi connectivity index (χ1n) is 6.29. The first-order chi connectivity index (χ1) is 9.95. The second-order valence-electron chi connectivity index (χ2n) is 4.54. The van der Waals surface area contributed by atoms with Gasteiger partial charge in [-0.3, -0.25) is 9.48 Å². The number of anilines is 1. The molecule has 0 saturated carbocycles. The van der Waals surface area contributed by atoms with Crippen LogP contribution in [-0.4, -0.2) is 26.8 Å². The standard InChI is InChI=1S/C15H15N3O3/c1-10-9-13(18(2)17-10)16-15(21)12-6-3-11(4-7-12)5-8-14(19)20/h3-9H,1-2H3,(H,16,21)(H,19,20). The van der Waals surface area contributed by atoms with Crippen molar-refractivity contribution in [3.63, 3.8) is 0 Å². The van der Waals surface area contributed by atoms with E-state index in [-0.39, 0.29) is 5.91 Å². The lowest BCUT2D eigenvalue weighted by Gasteiger charge is -2.05. The number of aromatic nitrogens is 2. The topological polar surface area (TPSA) is 84.2 Å². The van der Waals surface area contributed by atoms with Gasteiger partial charge in [-0.25, -0.2) is 4.79 Å². The summed E-state index contributed by atoms with van der Waals surface area (Å²) in [4.78, 5) is 22.5. The minimum atomic E-state index is -1.01. The molecule has 2 rings (SSSR count). The van der Waals surface area contributed by atoms with Crippen LogP contribution in [0.15, 0.2) is 36.4 Å². The van der Waals surface area contributed by atoms with Crippen molar-refractivity contribution in [1.82, 2.24) is 9.78 Å². The van der Waals surface area contributed by atoms with Gasteiger partial charge in [0.2, 0.25) is 0 Å². The molecule has 0 aliphatic carbocycles. The lowest BCUT2D eigenvalue weighted by atomic mass is 10.1. The van der Waals surface area contributed by atoms with Gasteiger partial charge in [-0.05, 0) is 30.7 Å². The van der Waals surface area contributed by atoms with E-state index in [1.807, 2.05) is 6.92 Å². The van der Waals surface area contributed by atoms with E-state index in [4.69, 9.17) is 5.11 Å². The van der Waals surface area contributed by atoms with Gasteiger partial charge in [-0.1, -0.05) is 12.1 Å². The number of carbonyl (C=O) groups excluding carboxylic acids is 1. The Hall–Kier alpha value is -2.89. The largest absolute Gasteiger partial charge is 0.478 e. The summed E-state index contributed by atoms with van der Waals surface area (Å²) >= 11 is 0. The number of hydrogen-bond donors (Lipinski definition) is 2. The van der Waals surface area contributed by atoms with Gasteiger partial charge in [0.15, 0.2) is 0 Å². The number of benzene rings is 1. The predicted molar refractivity (Wildman–Crippen MR) is 79.0 cm³/mol. The number of aliphatic carboxylic acids is 1. The fourth-order valence-electron chi connectivity index (χ4n) is 1.83. The first kappa shape index (κ1) is 14.5. The second-order valence-corrected chi connectivity index (χ2v) is 4.54. The highest BCUT2D eigenvalue weighted by Crippen LogP contribution is 2.12. The zero-order valence-corrected chi connectivity index (χ0v) is 11.7. The molecule has 1 aromatic heterocycles. The highest BCUT2D eigenvalue weighted by atomic mass is 16.4. The fraction of sp³-hybridized carbons (Fsp3) is 0.133. The Labute approximate surface area is 121 Å². The summed E-state index contributed by atoms with van der Waals surface area (Å²) in [6, 6.07) is 8.42. The predicted octanol–water partition coefficient (Wildman–Crippen LogP) is 2.08. The van der Waals surface area contributed by atoms with Crippen molar-refractivity contribution in [2.75, 3.05) is 5.32 Å². The molecule has 1 amide bonds. The number of amides is 1. The summed E-state index contributed by atoms with van der Waals surface area (Å²) in [5.41, 5.74) is 2.02. The van der Waals surface area contributed by atoms with E-state index in [1.54, 1.807) is 42.1 Å². The van der Waals surface area contributed by atoms with Crippen molar-refractivity contribution in [2.45, 2.75) is 6.92 Å². The molecule has 6 nitrogen and oxygen atoms in total. The van der Waals surface area contributed by atoms with Crippen LogP contribution in [0.5, 0.6) is 0 Å². The number of hydrogen-bond acceptors (Lipinski definition) is 3. The summed E-state index contributed by atoms with van der Waals surface area (Å²) in [6.07, 6.45) is 2.52. The van der Waals surface area contributed by atoms with Crippen LogP contribution in [0.3, 0.4) is 0 Å². The number of nitrogens with zero attached hydrogens (tertiary/aromatic N) is 2. The van der Waals surface area contributed by atoms with Gasteiger partial charge in [0, 0.05) is 24.8 Å². The number of nitrogens with one attached hydrogen (secondary N) is 1. The maximum atomic E-state index is 12.1. The molecule has 2 aromatic rings. The summed E-state index contributed by atoms with van der Waals surface area (Å²) in [7, 11) is 1.75. The Kier molecular flexibility index (Phi) is 4.18. The third kappa shape index (κ3) is 3.79. The van der Waals surface area contributed by atoms with Crippen LogP contribution >= 0.6 is 0 Å². The van der Waals surface area contributed by atoms with Crippen LogP contribution < -0.4 is 5.32 Å². The van der Waals surface area contributed by atoms with Crippen molar-refractivity contribution in [2.24, 2.45) is 7.05 Å². The van der Waals surface area contributed by atoms with Crippen molar-refractivity contribution < 1.29 is 14.7 Å². The van der Waals surface area contributed by atoms with Crippen molar-refractivity contribution in [1.29, 1.82) is 0 Å². The van der Waals surface area contributed by atoms with Gasteiger partial charge < -0.3 is 10.4 Å². The molecule has 1 heterocycles. The van der Waals surface area contributed by atoms with E-state index < -0.39 is 5.97 Å². The molecule has 0 saturated heterocycles. The fourth-order valence-corrected chi connectivity index (χ4v) is 1.83. The monoisotopic (exact) mass is 285 g/mol. The molecule has 0 bridgehead atoms. The SMILES string of the molecule is Cc1cc(NC(=O)c2ccc(C=CC(=O)O)cc2)n(C)n1. The second kappa shape index (κ2) is 6.04.